The maximum absolute atomic E-state index is 13.3. The summed E-state index contributed by atoms with van der Waals surface area (Å²) in [6.45, 7) is 0.644. The molecular formula is C20H20ClFN2O4. The van der Waals surface area contributed by atoms with Crippen molar-refractivity contribution < 1.29 is 23.8 Å². The van der Waals surface area contributed by atoms with Crippen LogP contribution in [0.3, 0.4) is 0 Å². The summed E-state index contributed by atoms with van der Waals surface area (Å²) in [5, 5.41) is 13.0. The molecule has 2 aromatic carbocycles. The van der Waals surface area contributed by atoms with E-state index < -0.39 is 23.6 Å². The largest absolute Gasteiger partial charge is 0.410 e. The van der Waals surface area contributed by atoms with Crippen molar-refractivity contribution in [2.24, 2.45) is 0 Å². The van der Waals surface area contributed by atoms with Gasteiger partial charge in [-0.3, -0.25) is 4.79 Å². The topological polar surface area (TPSA) is 78.9 Å². The maximum atomic E-state index is 13.3. The number of rotatable bonds is 6. The van der Waals surface area contributed by atoms with E-state index >= 15 is 0 Å². The normalized spacial score (nSPS) is 19.0. The molecule has 1 atom stereocenters. The Kier molecular flexibility index (Phi) is 6.16. The molecule has 1 heterocycles. The number of carbonyl (C=O) groups excluding carboxylic acids is 2. The molecule has 0 unspecified atom stereocenters. The molecule has 2 amide bonds. The van der Waals surface area contributed by atoms with Crippen LogP contribution in [0.5, 0.6) is 0 Å². The molecule has 0 aromatic heterocycles. The number of benzene rings is 2. The molecule has 3 rings (SSSR count). The molecule has 1 aliphatic heterocycles. The van der Waals surface area contributed by atoms with Gasteiger partial charge in [-0.05, 0) is 35.7 Å². The van der Waals surface area contributed by atoms with E-state index in [1.807, 2.05) is 30.3 Å². The highest BCUT2D eigenvalue weighted by Crippen LogP contribution is 2.25. The summed E-state index contributed by atoms with van der Waals surface area (Å²) in [5.41, 5.74) is 1.49. The third-order valence-electron chi connectivity index (χ3n) is 4.48. The van der Waals surface area contributed by atoms with Crippen LogP contribution in [-0.4, -0.2) is 40.9 Å². The molecule has 1 aliphatic rings. The Balaban J connectivity index is 1.51. The molecular weight excluding hydrogens is 387 g/mol. The fourth-order valence-electron chi connectivity index (χ4n) is 3.04. The van der Waals surface area contributed by atoms with Gasteiger partial charge >= 0.3 is 6.09 Å². The number of aliphatic hydroxyl groups is 1. The molecule has 148 valence electrons. The van der Waals surface area contributed by atoms with Gasteiger partial charge in [-0.15, -0.1) is 0 Å². The minimum atomic E-state index is -2.19. The Morgan fingerprint density at radius 3 is 2.71 bits per heavy atom. The van der Waals surface area contributed by atoms with Gasteiger partial charge in [0.1, 0.15) is 5.82 Å². The molecule has 1 saturated heterocycles. The summed E-state index contributed by atoms with van der Waals surface area (Å²) in [6.07, 6.45) is -0.351. The van der Waals surface area contributed by atoms with E-state index in [0.29, 0.717) is 18.5 Å². The van der Waals surface area contributed by atoms with Gasteiger partial charge in [-0.1, -0.05) is 41.9 Å². The smallest absolute Gasteiger partial charge is 0.407 e. The summed E-state index contributed by atoms with van der Waals surface area (Å²) in [4.78, 5) is 25.9. The van der Waals surface area contributed by atoms with Crippen molar-refractivity contribution in [1.82, 2.24) is 10.2 Å². The van der Waals surface area contributed by atoms with Gasteiger partial charge in [0, 0.05) is 31.1 Å². The van der Waals surface area contributed by atoms with E-state index in [2.05, 4.69) is 5.32 Å². The SMILES string of the molecule is O=C(NCc1cc(F)cc(Cl)c1)O[C@@]1(O)CCN(CCc2ccccc2)C1=O. The second-order valence-corrected chi connectivity index (χ2v) is 7.02. The van der Waals surface area contributed by atoms with Gasteiger partial charge in [0.15, 0.2) is 0 Å². The zero-order valence-electron chi connectivity index (χ0n) is 15.0. The zero-order chi connectivity index (χ0) is 20.1. The zero-order valence-corrected chi connectivity index (χ0v) is 15.8. The lowest BCUT2D eigenvalue weighted by Crippen LogP contribution is -2.46. The van der Waals surface area contributed by atoms with Crippen LogP contribution < -0.4 is 5.32 Å². The van der Waals surface area contributed by atoms with Gasteiger partial charge in [-0.2, -0.15) is 0 Å². The number of hydrogen-bond donors (Lipinski definition) is 2. The number of nitrogens with zero attached hydrogens (tertiary/aromatic N) is 1. The summed E-state index contributed by atoms with van der Waals surface area (Å²) < 4.78 is 18.3. The van der Waals surface area contributed by atoms with Gasteiger partial charge in [0.25, 0.3) is 11.7 Å². The van der Waals surface area contributed by atoms with Crippen LogP contribution in [0.15, 0.2) is 48.5 Å². The van der Waals surface area contributed by atoms with Crippen molar-refractivity contribution in [3.63, 3.8) is 0 Å². The predicted molar refractivity (Wildman–Crippen MR) is 101 cm³/mol. The predicted octanol–water partition coefficient (Wildman–Crippen LogP) is 2.87. The quantitative estimate of drug-likeness (QED) is 0.723. The minimum absolute atomic E-state index is 0.0141. The van der Waals surface area contributed by atoms with Gasteiger partial charge < -0.3 is 20.1 Å². The number of amides is 2. The molecule has 28 heavy (non-hydrogen) atoms. The monoisotopic (exact) mass is 406 g/mol. The molecule has 0 bridgehead atoms. The Bertz CT molecular complexity index is 844. The highest BCUT2D eigenvalue weighted by Gasteiger charge is 2.48. The van der Waals surface area contributed by atoms with E-state index in [9.17, 15) is 19.1 Å². The number of alkyl carbamates (subject to hydrolysis) is 1. The summed E-state index contributed by atoms with van der Waals surface area (Å²) in [7, 11) is 0. The second kappa shape index (κ2) is 8.58. The average molecular weight is 407 g/mol. The van der Waals surface area contributed by atoms with Crippen LogP contribution in [0, 0.1) is 5.82 Å². The van der Waals surface area contributed by atoms with Crippen LogP contribution in [0.2, 0.25) is 5.02 Å². The van der Waals surface area contributed by atoms with Gasteiger partial charge in [-0.25, -0.2) is 9.18 Å². The standard InChI is InChI=1S/C20H20ClFN2O4/c21-16-10-15(11-17(22)12-16)13-23-19(26)28-20(27)7-9-24(18(20)25)8-6-14-4-2-1-3-5-14/h1-5,10-12,27H,6-9,13H2,(H,23,26)/t20-/m0/s1. The minimum Gasteiger partial charge on any atom is -0.407 e. The fraction of sp³-hybridized carbons (Fsp3) is 0.300. The van der Waals surface area contributed by atoms with Crippen LogP contribution in [0.25, 0.3) is 0 Å². The van der Waals surface area contributed by atoms with Crippen LogP contribution in [0.4, 0.5) is 9.18 Å². The molecule has 6 nitrogen and oxygen atoms in total. The van der Waals surface area contributed by atoms with Gasteiger partial charge in [0.05, 0.1) is 0 Å². The maximum Gasteiger partial charge on any atom is 0.410 e. The molecule has 8 heteroatoms. The van der Waals surface area contributed by atoms with E-state index in [4.69, 9.17) is 16.3 Å². The first kappa shape index (κ1) is 20.1. The number of halogens is 2. The Morgan fingerprint density at radius 1 is 1.25 bits per heavy atom. The van der Waals surface area contributed by atoms with Crippen molar-refractivity contribution in [3.8, 4) is 0 Å². The molecule has 1 fully saturated rings. The van der Waals surface area contributed by atoms with Crippen LogP contribution >= 0.6 is 11.6 Å². The Morgan fingerprint density at radius 2 is 2.00 bits per heavy atom. The first-order chi connectivity index (χ1) is 13.4. The first-order valence-corrected chi connectivity index (χ1v) is 9.21. The van der Waals surface area contributed by atoms with Crippen molar-refractivity contribution in [1.29, 1.82) is 0 Å². The fourth-order valence-corrected chi connectivity index (χ4v) is 3.28. The highest BCUT2D eigenvalue weighted by molar-refractivity contribution is 6.30. The van der Waals surface area contributed by atoms with Crippen molar-refractivity contribution in [2.75, 3.05) is 13.1 Å². The number of ether oxygens (including phenoxy) is 1. The molecule has 2 N–H and O–H groups in total. The summed E-state index contributed by atoms with van der Waals surface area (Å²) in [5.74, 6) is -3.37. The number of likely N-dealkylation sites (tertiary alicyclic amines) is 1. The second-order valence-electron chi connectivity index (χ2n) is 6.58. The van der Waals surface area contributed by atoms with Crippen molar-refractivity contribution >= 4 is 23.6 Å². The number of carbonyl (C=O) groups is 2. The highest BCUT2D eigenvalue weighted by atomic mass is 35.5. The lowest BCUT2D eigenvalue weighted by atomic mass is 10.1. The third kappa shape index (κ3) is 4.99. The summed E-state index contributed by atoms with van der Waals surface area (Å²) in [6, 6.07) is 13.5. The molecule has 2 aromatic rings. The Hall–Kier alpha value is -2.64. The summed E-state index contributed by atoms with van der Waals surface area (Å²) >= 11 is 5.76. The van der Waals surface area contributed by atoms with E-state index in [-0.39, 0.29) is 24.5 Å². The van der Waals surface area contributed by atoms with Crippen molar-refractivity contribution in [3.05, 3.63) is 70.5 Å². The average Bonchev–Trinajstić information content (AvgIpc) is 2.93. The number of hydrogen-bond acceptors (Lipinski definition) is 4. The molecule has 0 spiro atoms. The Labute approximate surface area is 166 Å². The third-order valence-corrected chi connectivity index (χ3v) is 4.69. The van der Waals surface area contributed by atoms with Crippen LogP contribution in [0.1, 0.15) is 17.5 Å². The molecule has 0 radical (unpaired) electrons. The van der Waals surface area contributed by atoms with Crippen LogP contribution in [-0.2, 0) is 22.5 Å². The number of nitrogens with one attached hydrogen (secondary N) is 1. The van der Waals surface area contributed by atoms with E-state index in [1.165, 1.54) is 17.0 Å². The van der Waals surface area contributed by atoms with E-state index in [1.54, 1.807) is 0 Å². The van der Waals surface area contributed by atoms with E-state index in [0.717, 1.165) is 11.6 Å². The lowest BCUT2D eigenvalue weighted by Gasteiger charge is -2.22. The van der Waals surface area contributed by atoms with Gasteiger partial charge in [0.2, 0.25) is 0 Å². The molecule has 0 aliphatic carbocycles. The molecule has 0 saturated carbocycles. The lowest BCUT2D eigenvalue weighted by molar-refractivity contribution is -0.182. The first-order valence-electron chi connectivity index (χ1n) is 8.83. The van der Waals surface area contributed by atoms with Crippen molar-refractivity contribution in [2.45, 2.75) is 25.2 Å².